The van der Waals surface area contributed by atoms with Gasteiger partial charge in [0.05, 0.1) is 0 Å². The Labute approximate surface area is 147 Å². The number of hydrogen-bond donors (Lipinski definition) is 0. The molecular formula is C18H18BrNOSe. The summed E-state index contributed by atoms with van der Waals surface area (Å²) in [6.07, 6.45) is 1.59. The number of benzene rings is 2. The predicted octanol–water partition coefficient (Wildman–Crippen LogP) is -0.242. The molecule has 0 atom stereocenters. The largest absolute Gasteiger partial charge is 1.00 e. The Balaban J connectivity index is 0.00000176. The average molecular weight is 423 g/mol. The summed E-state index contributed by atoms with van der Waals surface area (Å²) in [6, 6.07) is 19.2. The van der Waals surface area contributed by atoms with Crippen LogP contribution in [0.25, 0.3) is 9.78 Å². The van der Waals surface area contributed by atoms with E-state index < -0.39 is 0 Å². The van der Waals surface area contributed by atoms with Gasteiger partial charge < -0.3 is 17.0 Å². The normalized spacial score (nSPS) is 10.4. The van der Waals surface area contributed by atoms with Gasteiger partial charge in [-0.3, -0.25) is 0 Å². The maximum Gasteiger partial charge on any atom is -1.00 e. The molecule has 0 aliphatic rings. The summed E-state index contributed by atoms with van der Waals surface area (Å²) in [5.41, 5.74) is 2.64. The molecule has 2 nitrogen and oxygen atoms in total. The molecule has 0 N–H and O–H groups in total. The summed E-state index contributed by atoms with van der Waals surface area (Å²) in [4.78, 5) is 11.3. The van der Waals surface area contributed by atoms with Crippen LogP contribution >= 0.6 is 0 Å². The van der Waals surface area contributed by atoms with Gasteiger partial charge in [-0.25, -0.2) is 0 Å². The van der Waals surface area contributed by atoms with E-state index in [-0.39, 0.29) is 22.8 Å². The molecule has 0 saturated heterocycles. The van der Waals surface area contributed by atoms with Crippen molar-refractivity contribution in [1.29, 1.82) is 0 Å². The van der Waals surface area contributed by atoms with Crippen LogP contribution in [0.15, 0.2) is 54.6 Å². The summed E-state index contributed by atoms with van der Waals surface area (Å²) in [7, 11) is 0. The molecule has 0 bridgehead atoms. The van der Waals surface area contributed by atoms with Crippen molar-refractivity contribution in [3.05, 3.63) is 64.7 Å². The molecule has 0 aliphatic carbocycles. The summed E-state index contributed by atoms with van der Waals surface area (Å²) >= 11 is 0.364. The number of para-hydroxylation sites is 1. The molecule has 1 aromatic heterocycles. The van der Waals surface area contributed by atoms with E-state index in [4.69, 9.17) is 0 Å². The number of halogens is 1. The molecule has 3 aromatic rings. The van der Waals surface area contributed by atoms with Crippen molar-refractivity contribution in [3.8, 4) is 0 Å². The Kier molecular flexibility index (Phi) is 6.13. The van der Waals surface area contributed by atoms with Gasteiger partial charge in [-0.05, 0) is 0 Å². The van der Waals surface area contributed by atoms with Gasteiger partial charge in [0.25, 0.3) is 0 Å². The van der Waals surface area contributed by atoms with Crippen LogP contribution in [-0.4, -0.2) is 20.3 Å². The zero-order valence-electron chi connectivity index (χ0n) is 12.5. The SMILES string of the molecule is CC(=O)CC[n+]1c(Cc2ccccc2)[se]c2ccccc21.[Br-]. The number of carbonyl (C=O) groups excluding carboxylic acids is 1. The van der Waals surface area contributed by atoms with Crippen LogP contribution in [0.2, 0.25) is 0 Å². The first-order valence-electron chi connectivity index (χ1n) is 7.17. The van der Waals surface area contributed by atoms with Gasteiger partial charge >= 0.3 is 130 Å². The number of Topliss-reactive ketones (excluding diaryl/α,β-unsaturated/α-hetero) is 1. The van der Waals surface area contributed by atoms with Crippen LogP contribution in [0.1, 0.15) is 23.5 Å². The minimum Gasteiger partial charge on any atom is -1.00 e. The van der Waals surface area contributed by atoms with E-state index in [0.29, 0.717) is 20.9 Å². The Morgan fingerprint density at radius 1 is 1.05 bits per heavy atom. The molecule has 1 heterocycles. The van der Waals surface area contributed by atoms with Gasteiger partial charge in [0.1, 0.15) is 0 Å². The van der Waals surface area contributed by atoms with Crippen LogP contribution in [-0.2, 0) is 17.8 Å². The van der Waals surface area contributed by atoms with E-state index in [2.05, 4.69) is 59.2 Å². The molecular weight excluding hydrogens is 405 g/mol. The molecule has 0 unspecified atom stereocenters. The third kappa shape index (κ3) is 3.95. The monoisotopic (exact) mass is 423 g/mol. The van der Waals surface area contributed by atoms with Gasteiger partial charge in [0.2, 0.25) is 0 Å². The first kappa shape index (κ1) is 17.1. The van der Waals surface area contributed by atoms with Crippen molar-refractivity contribution < 1.29 is 26.3 Å². The van der Waals surface area contributed by atoms with E-state index in [9.17, 15) is 4.79 Å². The van der Waals surface area contributed by atoms with Gasteiger partial charge in [-0.15, -0.1) is 0 Å². The molecule has 2 aromatic carbocycles. The summed E-state index contributed by atoms with van der Waals surface area (Å²) in [5.74, 6) is 0.256. The average Bonchev–Trinajstić information content (AvgIpc) is 2.83. The smallest absolute Gasteiger partial charge is 1.00 e. The molecule has 0 radical (unpaired) electrons. The zero-order chi connectivity index (χ0) is 14.7. The second-order valence-corrected chi connectivity index (χ2v) is 7.57. The molecule has 0 spiro atoms. The van der Waals surface area contributed by atoms with Gasteiger partial charge in [-0.1, -0.05) is 0 Å². The van der Waals surface area contributed by atoms with Crippen molar-refractivity contribution in [2.45, 2.75) is 26.3 Å². The fraction of sp³-hybridized carbons (Fsp3) is 0.222. The number of aryl methyl sites for hydroxylation is 1. The fourth-order valence-electron chi connectivity index (χ4n) is 2.50. The van der Waals surface area contributed by atoms with Gasteiger partial charge in [0, 0.05) is 0 Å². The van der Waals surface area contributed by atoms with E-state index in [1.54, 1.807) is 6.92 Å². The van der Waals surface area contributed by atoms with E-state index in [1.165, 1.54) is 19.9 Å². The van der Waals surface area contributed by atoms with Crippen molar-refractivity contribution >= 4 is 30.1 Å². The number of carbonyl (C=O) groups is 1. The molecule has 0 amide bonds. The number of hydrogen-bond acceptors (Lipinski definition) is 1. The van der Waals surface area contributed by atoms with E-state index >= 15 is 0 Å². The summed E-state index contributed by atoms with van der Waals surface area (Å²) < 4.78 is 5.25. The third-order valence-corrected chi connectivity index (χ3v) is 6.02. The number of rotatable bonds is 5. The first-order valence-corrected chi connectivity index (χ1v) is 8.89. The minimum absolute atomic E-state index is 0. The van der Waals surface area contributed by atoms with E-state index in [0.717, 1.165) is 13.0 Å². The number of fused-ring (bicyclic) bond motifs is 1. The quantitative estimate of drug-likeness (QED) is 0.410. The maximum atomic E-state index is 11.3. The molecule has 3 rings (SSSR count). The molecule has 4 heteroatoms. The van der Waals surface area contributed by atoms with Gasteiger partial charge in [-0.2, -0.15) is 0 Å². The van der Waals surface area contributed by atoms with Crippen molar-refractivity contribution in [2.24, 2.45) is 0 Å². The second kappa shape index (κ2) is 7.87. The Morgan fingerprint density at radius 2 is 1.73 bits per heavy atom. The number of nitrogens with zero attached hydrogens (tertiary/aromatic N) is 1. The predicted molar refractivity (Wildman–Crippen MR) is 85.6 cm³/mol. The standard InChI is InChI=1S/C18H18NOSe.BrH/c1-14(20)11-12-19-16-9-5-6-10-17(16)21-18(19)13-15-7-3-2-4-8-15;/h2-10H,11-13H2,1H3;1H/q+1;/p-1. The molecule has 0 aliphatic heterocycles. The fourth-order valence-corrected chi connectivity index (χ4v) is 5.06. The number of ketones is 1. The van der Waals surface area contributed by atoms with Crippen LogP contribution in [0, 0.1) is 0 Å². The Hall–Kier alpha value is -1.22. The topological polar surface area (TPSA) is 20.9 Å². The van der Waals surface area contributed by atoms with Crippen LogP contribution in [0.5, 0.6) is 0 Å². The van der Waals surface area contributed by atoms with E-state index in [1.807, 2.05) is 0 Å². The summed E-state index contributed by atoms with van der Waals surface area (Å²) in [6.45, 7) is 2.47. The molecule has 0 fully saturated rings. The third-order valence-electron chi connectivity index (χ3n) is 3.57. The summed E-state index contributed by atoms with van der Waals surface area (Å²) in [5, 5.41) is 0. The Bertz CT molecular complexity index is 767. The Morgan fingerprint density at radius 3 is 2.45 bits per heavy atom. The first-order chi connectivity index (χ1) is 10.2. The second-order valence-electron chi connectivity index (χ2n) is 5.23. The van der Waals surface area contributed by atoms with Crippen molar-refractivity contribution in [1.82, 2.24) is 0 Å². The van der Waals surface area contributed by atoms with Crippen molar-refractivity contribution in [3.63, 3.8) is 0 Å². The van der Waals surface area contributed by atoms with Crippen molar-refractivity contribution in [2.75, 3.05) is 0 Å². The van der Waals surface area contributed by atoms with Crippen LogP contribution in [0.3, 0.4) is 0 Å². The molecule has 114 valence electrons. The van der Waals surface area contributed by atoms with Crippen LogP contribution in [0.4, 0.5) is 0 Å². The zero-order valence-corrected chi connectivity index (χ0v) is 15.8. The minimum atomic E-state index is 0. The van der Waals surface area contributed by atoms with Crippen LogP contribution < -0.4 is 21.5 Å². The van der Waals surface area contributed by atoms with Gasteiger partial charge in [0.15, 0.2) is 0 Å². The molecule has 0 saturated carbocycles. The maximum absolute atomic E-state index is 11.3. The molecule has 22 heavy (non-hydrogen) atoms. The number of aromatic nitrogens is 1.